The molecule has 5 aromatic rings. The molecule has 0 saturated carbocycles. The Morgan fingerprint density at radius 2 is 1.62 bits per heavy atom. The molecule has 37 heavy (non-hydrogen) atoms. The molecule has 2 aromatic heterocycles. The highest BCUT2D eigenvalue weighted by atomic mass is 28.3. The summed E-state index contributed by atoms with van der Waals surface area (Å²) in [4.78, 5) is 9.64. The van der Waals surface area contributed by atoms with Crippen LogP contribution < -0.4 is 5.19 Å². The van der Waals surface area contributed by atoms with Crippen molar-refractivity contribution in [2.24, 2.45) is 0 Å². The monoisotopic (exact) mass is 506 g/mol. The third kappa shape index (κ3) is 4.84. The number of hydrogen-bond donors (Lipinski definition) is 1. The van der Waals surface area contributed by atoms with Gasteiger partial charge in [0, 0.05) is 17.3 Å². The average Bonchev–Trinajstić information content (AvgIpc) is 3.29. The molecule has 4 nitrogen and oxygen atoms in total. The summed E-state index contributed by atoms with van der Waals surface area (Å²) in [5.74, 6) is 0.991. The van der Waals surface area contributed by atoms with E-state index >= 15 is 0 Å². The Bertz CT molecular complexity index is 1630. The molecule has 0 spiro atoms. The quantitative estimate of drug-likeness (QED) is 0.244. The maximum Gasteiger partial charge on any atom is 0.231 e. The normalized spacial score (nSPS) is 12.0. The van der Waals surface area contributed by atoms with E-state index in [1.807, 2.05) is 44.3 Å². The number of phenols is 1. The summed E-state index contributed by atoms with van der Waals surface area (Å²) < 4.78 is 6.17. The van der Waals surface area contributed by atoms with E-state index in [1.54, 1.807) is 0 Å². The Kier molecular flexibility index (Phi) is 6.28. The fourth-order valence-electron chi connectivity index (χ4n) is 4.76. The lowest BCUT2D eigenvalue weighted by molar-refractivity contribution is 0.470. The van der Waals surface area contributed by atoms with Gasteiger partial charge in [0.2, 0.25) is 5.89 Å². The number of para-hydroxylation sites is 1. The van der Waals surface area contributed by atoms with E-state index in [9.17, 15) is 5.11 Å². The first kappa shape index (κ1) is 25.0. The minimum absolute atomic E-state index is 0.205. The van der Waals surface area contributed by atoms with Crippen molar-refractivity contribution in [2.75, 3.05) is 0 Å². The summed E-state index contributed by atoms with van der Waals surface area (Å²) in [5.41, 5.74) is 9.39. The van der Waals surface area contributed by atoms with E-state index in [2.05, 4.69) is 69.9 Å². The summed E-state index contributed by atoms with van der Waals surface area (Å²) in [6.45, 7) is 15.4. The van der Waals surface area contributed by atoms with Crippen molar-refractivity contribution >= 4 is 24.4 Å². The zero-order chi connectivity index (χ0) is 26.5. The lowest BCUT2D eigenvalue weighted by Crippen LogP contribution is -2.37. The maximum atomic E-state index is 10.7. The van der Waals surface area contributed by atoms with Crippen LogP contribution in [-0.2, 0) is 0 Å². The molecule has 0 bridgehead atoms. The number of rotatable bonds is 5. The number of hydrogen-bond acceptors (Lipinski definition) is 4. The SMILES string of the molecule is Cc1cc(C)c(O)c(-c2nc3c(-c4cc(-c5cc([Si](C)(C)C)ccn5)cc(C(C)C)c4)cccc3o2)c1. The van der Waals surface area contributed by atoms with Crippen LogP contribution in [0.25, 0.3) is 44.9 Å². The summed E-state index contributed by atoms with van der Waals surface area (Å²) in [6, 6.07) is 21.0. The number of aryl methyl sites for hydroxylation is 2. The molecule has 0 fully saturated rings. The van der Waals surface area contributed by atoms with Crippen LogP contribution in [0.5, 0.6) is 5.75 Å². The van der Waals surface area contributed by atoms with Crippen LogP contribution in [-0.4, -0.2) is 23.1 Å². The molecule has 3 aromatic carbocycles. The highest BCUT2D eigenvalue weighted by Gasteiger charge is 2.20. The molecule has 0 aliphatic rings. The number of phenolic OH excluding ortho intramolecular Hbond substituents is 1. The molecule has 0 aliphatic carbocycles. The molecule has 5 rings (SSSR count). The average molecular weight is 507 g/mol. The number of nitrogens with zero attached hydrogens (tertiary/aromatic N) is 2. The van der Waals surface area contributed by atoms with Gasteiger partial charge in [-0.25, -0.2) is 4.98 Å². The van der Waals surface area contributed by atoms with Crippen molar-refractivity contribution in [3.8, 4) is 39.6 Å². The summed E-state index contributed by atoms with van der Waals surface area (Å²) >= 11 is 0. The lowest BCUT2D eigenvalue weighted by Gasteiger charge is -2.18. The van der Waals surface area contributed by atoms with Gasteiger partial charge in [0.25, 0.3) is 0 Å². The van der Waals surface area contributed by atoms with Gasteiger partial charge in [-0.3, -0.25) is 4.98 Å². The van der Waals surface area contributed by atoms with Gasteiger partial charge in [0.05, 0.1) is 19.3 Å². The molecule has 0 unspecified atom stereocenters. The summed E-state index contributed by atoms with van der Waals surface area (Å²) in [5, 5.41) is 12.1. The van der Waals surface area contributed by atoms with Crippen molar-refractivity contribution in [1.82, 2.24) is 9.97 Å². The van der Waals surface area contributed by atoms with E-state index < -0.39 is 8.07 Å². The molecule has 188 valence electrons. The standard InChI is InChI=1S/C32H34N2O2Si/c1-19(2)22-15-23(17-24(16-22)28-18-25(11-12-33-28)37(5,6)7)26-9-8-10-29-30(26)34-32(36-29)27-14-20(3)13-21(4)31(27)35/h8-19,35H,1-7H3. The van der Waals surface area contributed by atoms with Gasteiger partial charge in [-0.2, -0.15) is 0 Å². The molecule has 5 heteroatoms. The molecular formula is C32H34N2O2Si. The third-order valence-corrected chi connectivity index (χ3v) is 8.99. The molecule has 0 aliphatic heterocycles. The van der Waals surface area contributed by atoms with Gasteiger partial charge in [-0.15, -0.1) is 0 Å². The minimum atomic E-state index is -1.47. The van der Waals surface area contributed by atoms with Crippen LogP contribution in [0.2, 0.25) is 19.6 Å². The van der Waals surface area contributed by atoms with Crippen molar-refractivity contribution in [1.29, 1.82) is 0 Å². The summed E-state index contributed by atoms with van der Waals surface area (Å²) in [6.07, 6.45) is 1.94. The second-order valence-corrected chi connectivity index (χ2v) is 16.4. The smallest absolute Gasteiger partial charge is 0.231 e. The van der Waals surface area contributed by atoms with Crippen LogP contribution >= 0.6 is 0 Å². The van der Waals surface area contributed by atoms with Crippen molar-refractivity contribution < 1.29 is 9.52 Å². The molecule has 0 saturated heterocycles. The number of pyridine rings is 1. The van der Waals surface area contributed by atoms with Gasteiger partial charge >= 0.3 is 0 Å². The van der Waals surface area contributed by atoms with Gasteiger partial charge in [0.15, 0.2) is 5.58 Å². The van der Waals surface area contributed by atoms with Gasteiger partial charge in [-0.05, 0) is 78.4 Å². The molecular weight excluding hydrogens is 472 g/mol. The Morgan fingerprint density at radius 3 is 2.35 bits per heavy atom. The Balaban J connectivity index is 1.69. The van der Waals surface area contributed by atoms with Crippen molar-refractivity contribution in [3.05, 3.63) is 83.6 Å². The third-order valence-electron chi connectivity index (χ3n) is 6.95. The molecule has 0 radical (unpaired) electrons. The first-order chi connectivity index (χ1) is 17.5. The number of fused-ring (bicyclic) bond motifs is 1. The van der Waals surface area contributed by atoms with Gasteiger partial charge in [0.1, 0.15) is 11.3 Å². The zero-order valence-corrected chi connectivity index (χ0v) is 23.7. The van der Waals surface area contributed by atoms with E-state index in [1.165, 1.54) is 10.8 Å². The first-order valence-corrected chi connectivity index (χ1v) is 16.3. The molecule has 2 heterocycles. The molecule has 0 amide bonds. The first-order valence-electron chi connectivity index (χ1n) is 12.8. The van der Waals surface area contributed by atoms with E-state index in [0.29, 0.717) is 23.0 Å². The second-order valence-electron chi connectivity index (χ2n) is 11.3. The fraction of sp³-hybridized carbons (Fsp3) is 0.250. The highest BCUT2D eigenvalue weighted by Crippen LogP contribution is 2.38. The van der Waals surface area contributed by atoms with E-state index in [0.717, 1.165) is 39.0 Å². The van der Waals surface area contributed by atoms with E-state index in [4.69, 9.17) is 14.4 Å². The van der Waals surface area contributed by atoms with Crippen LogP contribution in [0.4, 0.5) is 0 Å². The van der Waals surface area contributed by atoms with Crippen LogP contribution in [0.3, 0.4) is 0 Å². The largest absolute Gasteiger partial charge is 0.507 e. The van der Waals surface area contributed by atoms with Crippen molar-refractivity contribution in [3.63, 3.8) is 0 Å². The topological polar surface area (TPSA) is 59.2 Å². The molecule has 0 atom stereocenters. The number of oxazole rings is 1. The highest BCUT2D eigenvalue weighted by molar-refractivity contribution is 6.88. The number of benzene rings is 3. The minimum Gasteiger partial charge on any atom is -0.507 e. The lowest BCUT2D eigenvalue weighted by atomic mass is 9.93. The molecule has 1 N–H and O–H groups in total. The zero-order valence-electron chi connectivity index (χ0n) is 22.7. The van der Waals surface area contributed by atoms with Crippen LogP contribution in [0.1, 0.15) is 36.5 Å². The van der Waals surface area contributed by atoms with E-state index in [-0.39, 0.29) is 5.75 Å². The number of aromatic hydroxyl groups is 1. The second kappa shape index (κ2) is 9.31. The van der Waals surface area contributed by atoms with Gasteiger partial charge < -0.3 is 9.52 Å². The Labute approximate surface area is 220 Å². The number of aromatic nitrogens is 2. The van der Waals surface area contributed by atoms with Gasteiger partial charge in [-0.1, -0.05) is 62.9 Å². The van der Waals surface area contributed by atoms with Crippen LogP contribution in [0, 0.1) is 13.8 Å². The Morgan fingerprint density at radius 1 is 0.865 bits per heavy atom. The van der Waals surface area contributed by atoms with Crippen LogP contribution in [0.15, 0.2) is 71.3 Å². The Hall–Kier alpha value is -3.70. The fourth-order valence-corrected chi connectivity index (χ4v) is 5.91. The van der Waals surface area contributed by atoms with Crippen molar-refractivity contribution in [2.45, 2.75) is 53.3 Å². The maximum absolute atomic E-state index is 10.7. The predicted octanol–water partition coefficient (Wildman–Crippen LogP) is 8.21. The summed E-state index contributed by atoms with van der Waals surface area (Å²) in [7, 11) is -1.47. The predicted molar refractivity (Wildman–Crippen MR) is 156 cm³/mol.